The lowest BCUT2D eigenvalue weighted by molar-refractivity contribution is -0.0494. The standard InChI is InChI=1S/C21H26F4N6O2/c22-3-1-5-30(7-4-23)21-28-16(13-8-17(33-20(24)25)19(26)27-11-13)10-18(29-21)31-6-2-15-9-14(31)12-32-15/h8,10-11,14-15,20H,1-7,9,12H2,(H2,26,27). The second-order valence-electron chi connectivity index (χ2n) is 7.94. The fourth-order valence-electron chi connectivity index (χ4n) is 4.18. The van der Waals surface area contributed by atoms with Crippen LogP contribution in [0.15, 0.2) is 18.3 Å². The highest BCUT2D eigenvalue weighted by atomic mass is 19.3. The Hall–Kier alpha value is -2.89. The molecule has 0 spiro atoms. The maximum absolute atomic E-state index is 13.2. The molecule has 180 valence electrons. The predicted octanol–water partition coefficient (Wildman–Crippen LogP) is 3.23. The molecule has 0 radical (unpaired) electrons. The van der Waals surface area contributed by atoms with Gasteiger partial charge in [0.1, 0.15) is 12.5 Å². The fourth-order valence-corrected chi connectivity index (χ4v) is 4.18. The number of nitrogen functional groups attached to an aromatic ring is 1. The van der Waals surface area contributed by atoms with E-state index in [0.29, 0.717) is 23.7 Å². The number of halogens is 4. The first-order valence-corrected chi connectivity index (χ1v) is 10.8. The molecule has 0 aliphatic carbocycles. The minimum Gasteiger partial charge on any atom is -0.431 e. The van der Waals surface area contributed by atoms with Gasteiger partial charge < -0.3 is 25.0 Å². The Morgan fingerprint density at radius 2 is 2.06 bits per heavy atom. The molecule has 12 heteroatoms. The van der Waals surface area contributed by atoms with Gasteiger partial charge in [-0.3, -0.25) is 4.39 Å². The molecule has 4 heterocycles. The van der Waals surface area contributed by atoms with Crippen LogP contribution in [-0.2, 0) is 4.74 Å². The van der Waals surface area contributed by atoms with E-state index in [-0.39, 0.29) is 49.2 Å². The maximum Gasteiger partial charge on any atom is 0.387 e. The number of nitrogens with two attached hydrogens (primary N) is 1. The molecule has 2 aliphatic heterocycles. The van der Waals surface area contributed by atoms with Crippen LogP contribution in [0, 0.1) is 0 Å². The summed E-state index contributed by atoms with van der Waals surface area (Å²) in [5, 5.41) is 0. The van der Waals surface area contributed by atoms with Crippen molar-refractivity contribution in [2.45, 2.75) is 38.0 Å². The van der Waals surface area contributed by atoms with Crippen molar-refractivity contribution in [1.82, 2.24) is 15.0 Å². The molecule has 0 aromatic carbocycles. The van der Waals surface area contributed by atoms with Crippen molar-refractivity contribution >= 4 is 17.6 Å². The third-order valence-electron chi connectivity index (χ3n) is 5.78. The van der Waals surface area contributed by atoms with Gasteiger partial charge in [0.05, 0.1) is 31.1 Å². The molecule has 2 N–H and O–H groups in total. The summed E-state index contributed by atoms with van der Waals surface area (Å²) in [6, 6.07) is 3.20. The molecule has 0 amide bonds. The van der Waals surface area contributed by atoms with Crippen LogP contribution in [0.2, 0.25) is 0 Å². The molecule has 2 aromatic heterocycles. The van der Waals surface area contributed by atoms with E-state index in [1.54, 1.807) is 11.0 Å². The van der Waals surface area contributed by atoms with Gasteiger partial charge in [-0.1, -0.05) is 0 Å². The van der Waals surface area contributed by atoms with Gasteiger partial charge >= 0.3 is 6.61 Å². The molecule has 2 unspecified atom stereocenters. The second kappa shape index (κ2) is 10.4. The topological polar surface area (TPSA) is 89.6 Å². The molecule has 4 rings (SSSR count). The number of rotatable bonds is 10. The molecule has 2 aliphatic rings. The Kier molecular flexibility index (Phi) is 7.31. The quantitative estimate of drug-likeness (QED) is 0.530. The number of hydrogen-bond acceptors (Lipinski definition) is 8. The molecule has 2 aromatic rings. The van der Waals surface area contributed by atoms with E-state index in [9.17, 15) is 17.6 Å². The Labute approximate surface area is 188 Å². The van der Waals surface area contributed by atoms with E-state index in [0.717, 1.165) is 19.4 Å². The Bertz CT molecular complexity index is 953. The van der Waals surface area contributed by atoms with Crippen LogP contribution < -0.4 is 20.3 Å². The molecule has 2 saturated heterocycles. The first-order chi connectivity index (χ1) is 16.0. The van der Waals surface area contributed by atoms with Gasteiger partial charge in [-0.2, -0.15) is 13.8 Å². The van der Waals surface area contributed by atoms with Crippen molar-refractivity contribution in [3.63, 3.8) is 0 Å². The Morgan fingerprint density at radius 1 is 1.21 bits per heavy atom. The number of nitrogens with zero attached hydrogens (tertiary/aromatic N) is 5. The number of hydrogen-bond donors (Lipinski definition) is 1. The van der Waals surface area contributed by atoms with E-state index in [2.05, 4.69) is 24.6 Å². The van der Waals surface area contributed by atoms with Crippen molar-refractivity contribution < 1.29 is 27.0 Å². The molecule has 2 fully saturated rings. The van der Waals surface area contributed by atoms with Gasteiger partial charge in [-0.15, -0.1) is 0 Å². The average molecular weight is 470 g/mol. The SMILES string of the molecule is Nc1ncc(-c2cc(N3CCC4CC3CO4)nc(N(CCF)CCCF)n2)cc1OC(F)F. The summed E-state index contributed by atoms with van der Waals surface area (Å²) in [7, 11) is 0. The van der Waals surface area contributed by atoms with Crippen LogP contribution in [0.4, 0.5) is 35.1 Å². The largest absolute Gasteiger partial charge is 0.431 e. The van der Waals surface area contributed by atoms with Gasteiger partial charge in [-0.25, -0.2) is 14.4 Å². The van der Waals surface area contributed by atoms with Crippen LogP contribution >= 0.6 is 0 Å². The molecule has 0 saturated carbocycles. The molecular weight excluding hydrogens is 444 g/mol. The van der Waals surface area contributed by atoms with Crippen LogP contribution in [-0.4, -0.2) is 73.3 Å². The first-order valence-electron chi connectivity index (χ1n) is 10.8. The Balaban J connectivity index is 1.75. The van der Waals surface area contributed by atoms with Gasteiger partial charge in [0, 0.05) is 37.5 Å². The molecule has 2 bridgehead atoms. The van der Waals surface area contributed by atoms with Crippen molar-refractivity contribution in [2.75, 3.05) is 55.1 Å². The van der Waals surface area contributed by atoms with Gasteiger partial charge in [0.25, 0.3) is 0 Å². The van der Waals surface area contributed by atoms with E-state index in [1.807, 2.05) is 0 Å². The van der Waals surface area contributed by atoms with Gasteiger partial charge in [0.15, 0.2) is 11.6 Å². The highest BCUT2D eigenvalue weighted by Crippen LogP contribution is 2.34. The number of anilines is 3. The summed E-state index contributed by atoms with van der Waals surface area (Å²) < 4.78 is 61.9. The highest BCUT2D eigenvalue weighted by molar-refractivity contribution is 5.68. The van der Waals surface area contributed by atoms with Crippen molar-refractivity contribution in [2.24, 2.45) is 0 Å². The number of ether oxygens (including phenoxy) is 2. The average Bonchev–Trinajstić information content (AvgIpc) is 3.17. The summed E-state index contributed by atoms with van der Waals surface area (Å²) in [5.41, 5.74) is 6.43. The van der Waals surface area contributed by atoms with Crippen LogP contribution in [0.1, 0.15) is 19.3 Å². The number of pyridine rings is 1. The van der Waals surface area contributed by atoms with Crippen LogP contribution in [0.3, 0.4) is 0 Å². The van der Waals surface area contributed by atoms with Gasteiger partial charge in [-0.05, 0) is 25.3 Å². The number of piperidine rings is 1. The third kappa shape index (κ3) is 5.37. The number of alkyl halides is 4. The summed E-state index contributed by atoms with van der Waals surface area (Å²) in [4.78, 5) is 16.8. The second-order valence-corrected chi connectivity index (χ2v) is 7.94. The fraction of sp³-hybridized carbons (Fsp3) is 0.571. The molecule has 8 nitrogen and oxygen atoms in total. The van der Waals surface area contributed by atoms with E-state index in [1.165, 1.54) is 12.3 Å². The first kappa shape index (κ1) is 23.3. The normalized spacial score (nSPS) is 19.8. The lowest BCUT2D eigenvalue weighted by Crippen LogP contribution is -2.41. The number of fused-ring (bicyclic) bond motifs is 2. The minimum atomic E-state index is -3.06. The lowest BCUT2D eigenvalue weighted by atomic mass is 10.0. The molecular formula is C21H26F4N6O2. The van der Waals surface area contributed by atoms with Gasteiger partial charge in [0.2, 0.25) is 5.95 Å². The maximum atomic E-state index is 13.2. The monoisotopic (exact) mass is 470 g/mol. The van der Waals surface area contributed by atoms with Crippen molar-refractivity contribution in [1.29, 1.82) is 0 Å². The summed E-state index contributed by atoms with van der Waals surface area (Å²) in [5.74, 6) is 0.372. The van der Waals surface area contributed by atoms with E-state index < -0.39 is 20.0 Å². The smallest absolute Gasteiger partial charge is 0.387 e. The third-order valence-corrected chi connectivity index (χ3v) is 5.78. The summed E-state index contributed by atoms with van der Waals surface area (Å²) in [6.07, 6.45) is 3.54. The van der Waals surface area contributed by atoms with Crippen molar-refractivity contribution in [3.05, 3.63) is 18.3 Å². The highest BCUT2D eigenvalue weighted by Gasteiger charge is 2.36. The summed E-state index contributed by atoms with van der Waals surface area (Å²) in [6.45, 7) is -2.76. The number of aromatic nitrogens is 3. The minimum absolute atomic E-state index is 0.00274. The Morgan fingerprint density at radius 3 is 2.82 bits per heavy atom. The van der Waals surface area contributed by atoms with Crippen LogP contribution in [0.5, 0.6) is 5.75 Å². The van der Waals surface area contributed by atoms with Crippen molar-refractivity contribution in [3.8, 4) is 17.0 Å². The molecule has 2 atom stereocenters. The predicted molar refractivity (Wildman–Crippen MR) is 115 cm³/mol. The summed E-state index contributed by atoms with van der Waals surface area (Å²) >= 11 is 0. The zero-order valence-corrected chi connectivity index (χ0v) is 18.0. The zero-order chi connectivity index (χ0) is 23.4. The zero-order valence-electron chi connectivity index (χ0n) is 18.0. The van der Waals surface area contributed by atoms with E-state index in [4.69, 9.17) is 10.5 Å². The molecule has 33 heavy (non-hydrogen) atoms. The van der Waals surface area contributed by atoms with Crippen LogP contribution in [0.25, 0.3) is 11.3 Å². The lowest BCUT2D eigenvalue weighted by Gasteiger charge is -2.33. The van der Waals surface area contributed by atoms with E-state index >= 15 is 0 Å².